The molecule has 70 heavy (non-hydrogen) atoms. The van der Waals surface area contributed by atoms with E-state index in [1.54, 1.807) is 11.3 Å². The van der Waals surface area contributed by atoms with E-state index in [0.29, 0.717) is 51.9 Å². The molecule has 2 heterocycles. The highest BCUT2D eigenvalue weighted by molar-refractivity contribution is 7.12. The van der Waals surface area contributed by atoms with Crippen LogP contribution in [-0.2, 0) is 41.6 Å². The summed E-state index contributed by atoms with van der Waals surface area (Å²) in [6, 6.07) is 0. The molecule has 10 nitrogen and oxygen atoms in total. The van der Waals surface area contributed by atoms with E-state index in [1.807, 2.05) is 39.8 Å². The zero-order valence-corrected chi connectivity index (χ0v) is 48.2. The molecule has 1 aromatic heterocycles. The number of nitrogens with one attached hydrogen (secondary N) is 1. The van der Waals surface area contributed by atoms with Gasteiger partial charge in [0.1, 0.15) is 12.4 Å². The Morgan fingerprint density at radius 2 is 1.14 bits per heavy atom. The molecule has 0 spiro atoms. The Morgan fingerprint density at radius 1 is 0.657 bits per heavy atom. The number of esters is 2. The van der Waals surface area contributed by atoms with Crippen molar-refractivity contribution in [3.8, 4) is 0 Å². The Labute approximate surface area is 435 Å². The van der Waals surface area contributed by atoms with Crippen molar-refractivity contribution in [2.24, 2.45) is 0 Å². The number of fused-ring (bicyclic) bond motifs is 1. The standard InChI is InChI=1S/C31H53N3O4S.C23H44O3.C3H8.C2H6/c1-5-6-7-8-9-12-15-23-38-29(36)18-14-11-10-13-17-28(35)34-22-19-26-27(24-34)39-25(2)30(26)31(37)32-20-16-21-33(3)4;1-3-5-7-9-11-14-18-22(19-15-12-10-8-6-4-2)26-23(25)20-16-13-17-21-24;1-3-2;1-2/h5-24H2,1-4H3,(H,32,37);21-22H,3-20H2,1-2H3;3H2,1-2H3;1-2H3. The third-order valence-electron chi connectivity index (χ3n) is 12.4. The van der Waals surface area contributed by atoms with Crippen LogP contribution in [0.15, 0.2) is 0 Å². The molecular formula is C59H111N3O7S. The summed E-state index contributed by atoms with van der Waals surface area (Å²) in [6.45, 7) is 20.4. The van der Waals surface area contributed by atoms with E-state index >= 15 is 0 Å². The number of carbonyl (C=O) groups is 5. The molecule has 0 bridgehead atoms. The van der Waals surface area contributed by atoms with Gasteiger partial charge in [-0.3, -0.25) is 19.2 Å². The van der Waals surface area contributed by atoms with Gasteiger partial charge < -0.3 is 29.4 Å². The van der Waals surface area contributed by atoms with Crippen LogP contribution in [0.25, 0.3) is 0 Å². The van der Waals surface area contributed by atoms with E-state index in [1.165, 1.54) is 116 Å². The summed E-state index contributed by atoms with van der Waals surface area (Å²) in [5.74, 6) is 0.0487. The molecule has 1 aliphatic heterocycles. The monoisotopic (exact) mass is 1010 g/mol. The Kier molecular flexibility index (Phi) is 50.6. The van der Waals surface area contributed by atoms with Gasteiger partial charge in [-0.05, 0) is 104 Å². The normalized spacial score (nSPS) is 11.7. The average molecular weight is 1010 g/mol. The van der Waals surface area contributed by atoms with Crippen LogP contribution in [0.5, 0.6) is 0 Å². The highest BCUT2D eigenvalue weighted by atomic mass is 32.1. The van der Waals surface area contributed by atoms with Crippen LogP contribution < -0.4 is 5.32 Å². The maximum absolute atomic E-state index is 12.8. The molecule has 0 saturated heterocycles. The van der Waals surface area contributed by atoms with Gasteiger partial charge in [0.15, 0.2) is 0 Å². The van der Waals surface area contributed by atoms with Crippen LogP contribution >= 0.6 is 11.3 Å². The zero-order chi connectivity index (χ0) is 52.5. The van der Waals surface area contributed by atoms with Crippen molar-refractivity contribution in [1.82, 2.24) is 15.1 Å². The van der Waals surface area contributed by atoms with Gasteiger partial charge in [-0.15, -0.1) is 11.3 Å². The lowest BCUT2D eigenvalue weighted by molar-refractivity contribution is -0.150. The molecule has 0 aromatic carbocycles. The van der Waals surface area contributed by atoms with Gasteiger partial charge in [-0.2, -0.15) is 0 Å². The summed E-state index contributed by atoms with van der Waals surface area (Å²) in [5, 5.41) is 3.07. The summed E-state index contributed by atoms with van der Waals surface area (Å²) in [6.07, 6.45) is 37.0. The fourth-order valence-electron chi connectivity index (χ4n) is 8.42. The number of thiophene rings is 1. The molecule has 0 saturated carbocycles. The third kappa shape index (κ3) is 39.8. The van der Waals surface area contributed by atoms with Crippen molar-refractivity contribution in [3.05, 3.63) is 20.9 Å². The Balaban J connectivity index is 0. The van der Waals surface area contributed by atoms with Gasteiger partial charge >= 0.3 is 11.9 Å². The second-order valence-corrected chi connectivity index (χ2v) is 20.8. The second kappa shape index (κ2) is 51.1. The predicted molar refractivity (Wildman–Crippen MR) is 298 cm³/mol. The molecular weight excluding hydrogens is 895 g/mol. The largest absolute Gasteiger partial charge is 0.466 e. The molecule has 410 valence electrons. The van der Waals surface area contributed by atoms with Crippen molar-refractivity contribution in [1.29, 1.82) is 0 Å². The quantitative estimate of drug-likeness (QED) is 0.0392. The number of unbranched alkanes of at least 4 members (excludes halogenated alkanes) is 21. The maximum Gasteiger partial charge on any atom is 0.306 e. The minimum atomic E-state index is -0.0889. The Bertz CT molecular complexity index is 1380. The van der Waals surface area contributed by atoms with Crippen LogP contribution in [0.4, 0.5) is 0 Å². The topological polar surface area (TPSA) is 122 Å². The number of hydrogen-bond acceptors (Lipinski definition) is 9. The molecule has 0 fully saturated rings. The highest BCUT2D eigenvalue weighted by Gasteiger charge is 2.28. The van der Waals surface area contributed by atoms with Crippen molar-refractivity contribution < 1.29 is 33.4 Å². The minimum Gasteiger partial charge on any atom is -0.466 e. The fourth-order valence-corrected chi connectivity index (χ4v) is 9.65. The summed E-state index contributed by atoms with van der Waals surface area (Å²) in [7, 11) is 4.07. The summed E-state index contributed by atoms with van der Waals surface area (Å²) >= 11 is 1.65. The molecule has 0 aliphatic carbocycles. The first-order valence-corrected chi connectivity index (χ1v) is 29.9. The Morgan fingerprint density at radius 3 is 1.69 bits per heavy atom. The molecule has 1 N–H and O–H groups in total. The lowest BCUT2D eigenvalue weighted by atomic mass is 10.0. The number of ether oxygens (including phenoxy) is 2. The van der Waals surface area contributed by atoms with E-state index in [0.717, 1.165) is 111 Å². The molecule has 0 atom stereocenters. The van der Waals surface area contributed by atoms with Crippen molar-refractivity contribution >= 4 is 41.4 Å². The van der Waals surface area contributed by atoms with E-state index < -0.39 is 0 Å². The number of carbonyl (C=O) groups excluding carboxylic acids is 5. The molecule has 2 rings (SSSR count). The predicted octanol–water partition coefficient (Wildman–Crippen LogP) is 15.9. The van der Waals surface area contributed by atoms with Crippen LogP contribution in [0.3, 0.4) is 0 Å². The fraction of sp³-hybridized carbons (Fsp3) is 0.847. The first-order chi connectivity index (χ1) is 34.0. The first kappa shape index (κ1) is 69.3. The van der Waals surface area contributed by atoms with Crippen LogP contribution in [0, 0.1) is 6.92 Å². The number of aldehydes is 1. The second-order valence-electron chi connectivity index (χ2n) is 19.5. The molecule has 0 radical (unpaired) electrons. The molecule has 11 heteroatoms. The van der Waals surface area contributed by atoms with Crippen LogP contribution in [-0.4, -0.2) is 86.3 Å². The van der Waals surface area contributed by atoms with Gasteiger partial charge in [-0.25, -0.2) is 0 Å². The minimum absolute atomic E-state index is 0.0187. The average Bonchev–Trinajstić information content (AvgIpc) is 3.69. The summed E-state index contributed by atoms with van der Waals surface area (Å²) in [5.41, 5.74) is 1.96. The van der Waals surface area contributed by atoms with Gasteiger partial charge in [0.25, 0.3) is 5.91 Å². The van der Waals surface area contributed by atoms with Crippen molar-refractivity contribution in [3.63, 3.8) is 0 Å². The summed E-state index contributed by atoms with van der Waals surface area (Å²) < 4.78 is 11.1. The lowest BCUT2D eigenvalue weighted by Gasteiger charge is -2.27. The van der Waals surface area contributed by atoms with Gasteiger partial charge in [0, 0.05) is 48.5 Å². The maximum atomic E-state index is 12.8. The number of nitrogens with zero attached hydrogens (tertiary/aromatic N) is 2. The zero-order valence-electron chi connectivity index (χ0n) is 47.4. The van der Waals surface area contributed by atoms with Crippen LogP contribution in [0.2, 0.25) is 0 Å². The Hall–Kier alpha value is -2.79. The molecule has 2 amide bonds. The lowest BCUT2D eigenvalue weighted by Crippen LogP contribution is -2.36. The molecule has 1 aliphatic rings. The van der Waals surface area contributed by atoms with E-state index in [-0.39, 0.29) is 29.9 Å². The molecule has 1 aromatic rings. The number of rotatable bonds is 40. The van der Waals surface area contributed by atoms with E-state index in [4.69, 9.17) is 9.47 Å². The van der Waals surface area contributed by atoms with E-state index in [2.05, 4.69) is 44.8 Å². The van der Waals surface area contributed by atoms with Crippen molar-refractivity contribution in [2.75, 3.05) is 40.3 Å². The SMILES string of the molecule is CC.CCC.CCCCCCCCC(CCCCCCCC)OC(=O)CCCCC=O.CCCCCCCCCOC(=O)CCCCCCC(=O)N1CCc2c(sc(C)c2C(=O)NCCCN(C)C)C1. The smallest absolute Gasteiger partial charge is 0.306 e. The number of amides is 2. The molecule has 0 unspecified atom stereocenters. The first-order valence-electron chi connectivity index (χ1n) is 29.1. The van der Waals surface area contributed by atoms with Crippen LogP contribution in [0.1, 0.15) is 286 Å². The van der Waals surface area contributed by atoms with Gasteiger partial charge in [0.2, 0.25) is 5.91 Å². The van der Waals surface area contributed by atoms with Gasteiger partial charge in [0.05, 0.1) is 18.7 Å². The van der Waals surface area contributed by atoms with Gasteiger partial charge in [-0.1, -0.05) is 170 Å². The highest BCUT2D eigenvalue weighted by Crippen LogP contribution is 2.33. The number of aryl methyl sites for hydroxylation is 1. The van der Waals surface area contributed by atoms with Crippen molar-refractivity contribution in [2.45, 2.75) is 286 Å². The number of hydrogen-bond donors (Lipinski definition) is 1. The third-order valence-corrected chi connectivity index (χ3v) is 13.6. The van der Waals surface area contributed by atoms with E-state index in [9.17, 15) is 24.0 Å². The summed E-state index contributed by atoms with van der Waals surface area (Å²) in [4.78, 5) is 66.2.